The van der Waals surface area contributed by atoms with Gasteiger partial charge in [-0.1, -0.05) is 18.2 Å². The lowest BCUT2D eigenvalue weighted by Crippen LogP contribution is -2.29. The van der Waals surface area contributed by atoms with Crippen molar-refractivity contribution < 1.29 is 14.3 Å². The molecule has 1 aromatic carbocycles. The van der Waals surface area contributed by atoms with E-state index in [0.717, 1.165) is 29.5 Å². The molecule has 0 spiro atoms. The van der Waals surface area contributed by atoms with E-state index in [2.05, 4.69) is 0 Å². The second-order valence-corrected chi connectivity index (χ2v) is 6.39. The molecule has 2 bridgehead atoms. The highest BCUT2D eigenvalue weighted by molar-refractivity contribution is 6.17. The van der Waals surface area contributed by atoms with Crippen molar-refractivity contribution in [3.63, 3.8) is 0 Å². The maximum absolute atomic E-state index is 12.8. The number of ether oxygens (including phenoxy) is 1. The molecule has 3 heteroatoms. The average Bonchev–Trinajstić information content (AvgIpc) is 3.07. The summed E-state index contributed by atoms with van der Waals surface area (Å²) in [6.45, 7) is 3.98. The van der Waals surface area contributed by atoms with Crippen molar-refractivity contribution in [1.82, 2.24) is 0 Å². The van der Waals surface area contributed by atoms with E-state index in [9.17, 15) is 9.59 Å². The first-order valence-corrected chi connectivity index (χ1v) is 7.38. The van der Waals surface area contributed by atoms with Crippen LogP contribution in [0.4, 0.5) is 0 Å². The van der Waals surface area contributed by atoms with Crippen LogP contribution in [0.2, 0.25) is 0 Å². The largest absolute Gasteiger partial charge is 0.373 e. The van der Waals surface area contributed by atoms with Crippen molar-refractivity contribution in [3.8, 4) is 0 Å². The number of fused-ring (bicyclic) bond motifs is 5. The molecule has 0 amide bonds. The molecule has 2 aliphatic heterocycles. The van der Waals surface area contributed by atoms with Crippen LogP contribution in [-0.2, 0) is 14.3 Å². The minimum atomic E-state index is -0.543. The monoisotopic (exact) mass is 270 g/mol. The van der Waals surface area contributed by atoms with Gasteiger partial charge in [0.2, 0.25) is 0 Å². The van der Waals surface area contributed by atoms with E-state index in [1.54, 1.807) is 0 Å². The standard InChI is InChI=1S/C17H18O3/c1-8-4-3-5-9(2)12(8)15-16(18)13-10-6-7-11(20-10)14(13)17(15)19/h3-5,10-11,13-15H,6-7H2,1-2H3/t10-,11+,13-,14+,15?. The Morgan fingerprint density at radius 2 is 1.45 bits per heavy atom. The van der Waals surface area contributed by atoms with E-state index < -0.39 is 5.92 Å². The number of benzene rings is 1. The molecule has 3 aliphatic rings. The topological polar surface area (TPSA) is 43.4 Å². The number of Topliss-reactive ketones (excluding diaryl/α,β-unsaturated/α-hetero) is 2. The van der Waals surface area contributed by atoms with Gasteiger partial charge in [-0.25, -0.2) is 0 Å². The molecule has 0 aromatic heterocycles. The smallest absolute Gasteiger partial charge is 0.154 e. The van der Waals surface area contributed by atoms with Gasteiger partial charge in [0.25, 0.3) is 0 Å². The molecule has 4 rings (SSSR count). The van der Waals surface area contributed by atoms with Gasteiger partial charge < -0.3 is 4.74 Å². The molecule has 2 heterocycles. The highest BCUT2D eigenvalue weighted by Crippen LogP contribution is 2.52. The van der Waals surface area contributed by atoms with Crippen LogP contribution in [-0.4, -0.2) is 23.8 Å². The van der Waals surface area contributed by atoms with E-state index in [0.29, 0.717) is 0 Å². The van der Waals surface area contributed by atoms with Crippen molar-refractivity contribution in [1.29, 1.82) is 0 Å². The molecule has 1 saturated carbocycles. The van der Waals surface area contributed by atoms with Crippen LogP contribution in [0.25, 0.3) is 0 Å². The maximum atomic E-state index is 12.8. The summed E-state index contributed by atoms with van der Waals surface area (Å²) in [4.78, 5) is 25.6. The summed E-state index contributed by atoms with van der Waals surface area (Å²) in [5.41, 5.74) is 3.03. The third kappa shape index (κ3) is 1.39. The molecule has 20 heavy (non-hydrogen) atoms. The van der Waals surface area contributed by atoms with E-state index in [1.165, 1.54) is 0 Å². The van der Waals surface area contributed by atoms with Crippen LogP contribution in [0.5, 0.6) is 0 Å². The fraction of sp³-hybridized carbons (Fsp3) is 0.529. The first-order chi connectivity index (χ1) is 9.59. The van der Waals surface area contributed by atoms with Gasteiger partial charge >= 0.3 is 0 Å². The zero-order valence-corrected chi connectivity index (χ0v) is 11.8. The lowest BCUT2D eigenvalue weighted by atomic mass is 9.81. The molecule has 2 saturated heterocycles. The molecule has 1 aromatic rings. The van der Waals surface area contributed by atoms with Gasteiger partial charge in [0, 0.05) is 0 Å². The fourth-order valence-electron chi connectivity index (χ4n) is 4.49. The SMILES string of the molecule is Cc1cccc(C)c1C1C(=O)[C@@H]2[C@H](C1=O)[C@H]1CC[C@@H]2O1. The summed E-state index contributed by atoms with van der Waals surface area (Å²) in [5.74, 6) is -0.692. The summed E-state index contributed by atoms with van der Waals surface area (Å²) < 4.78 is 5.78. The second-order valence-electron chi connectivity index (χ2n) is 6.39. The van der Waals surface area contributed by atoms with Crippen LogP contribution in [0.3, 0.4) is 0 Å². The van der Waals surface area contributed by atoms with Gasteiger partial charge in [-0.3, -0.25) is 9.59 Å². The number of aryl methyl sites for hydroxylation is 2. The quantitative estimate of drug-likeness (QED) is 0.736. The van der Waals surface area contributed by atoms with Crippen molar-refractivity contribution in [2.75, 3.05) is 0 Å². The highest BCUT2D eigenvalue weighted by Gasteiger charge is 2.63. The predicted octanol–water partition coefficient (Wildman–Crippen LogP) is 2.33. The van der Waals surface area contributed by atoms with Gasteiger partial charge in [0.15, 0.2) is 11.6 Å². The van der Waals surface area contributed by atoms with Crippen molar-refractivity contribution in [2.24, 2.45) is 11.8 Å². The number of ketones is 2. The molecule has 1 unspecified atom stereocenters. The van der Waals surface area contributed by atoms with Crippen molar-refractivity contribution in [3.05, 3.63) is 34.9 Å². The molecule has 0 radical (unpaired) electrons. The summed E-state index contributed by atoms with van der Waals surface area (Å²) in [6, 6.07) is 5.95. The van der Waals surface area contributed by atoms with Gasteiger partial charge in [0.05, 0.1) is 24.0 Å². The molecule has 3 nitrogen and oxygen atoms in total. The summed E-state index contributed by atoms with van der Waals surface area (Å²) in [7, 11) is 0. The summed E-state index contributed by atoms with van der Waals surface area (Å²) >= 11 is 0. The van der Waals surface area contributed by atoms with Gasteiger partial charge in [0.1, 0.15) is 5.92 Å². The lowest BCUT2D eigenvalue weighted by molar-refractivity contribution is -0.127. The molecule has 0 N–H and O–H groups in total. The minimum absolute atomic E-state index is 0.00391. The Labute approximate surface area is 118 Å². The van der Waals surface area contributed by atoms with Gasteiger partial charge in [-0.2, -0.15) is 0 Å². The first kappa shape index (κ1) is 12.3. The second kappa shape index (κ2) is 4.01. The Morgan fingerprint density at radius 1 is 0.950 bits per heavy atom. The van der Waals surface area contributed by atoms with Crippen LogP contribution in [0.15, 0.2) is 18.2 Å². The normalized spacial score (nSPS) is 38.6. The molecule has 104 valence electrons. The Hall–Kier alpha value is -1.48. The third-order valence-electron chi connectivity index (χ3n) is 5.33. The van der Waals surface area contributed by atoms with Crippen LogP contribution < -0.4 is 0 Å². The number of rotatable bonds is 1. The average molecular weight is 270 g/mol. The lowest BCUT2D eigenvalue weighted by Gasteiger charge is -2.16. The number of hydrogen-bond donors (Lipinski definition) is 0. The molecule has 1 aliphatic carbocycles. The van der Waals surface area contributed by atoms with Crippen molar-refractivity contribution in [2.45, 2.75) is 44.8 Å². The van der Waals surface area contributed by atoms with Crippen LogP contribution >= 0.6 is 0 Å². The number of hydrogen-bond acceptors (Lipinski definition) is 3. The van der Waals surface area contributed by atoms with Crippen LogP contribution in [0.1, 0.15) is 35.4 Å². The Bertz CT molecular complexity index is 570. The van der Waals surface area contributed by atoms with Gasteiger partial charge in [-0.15, -0.1) is 0 Å². The number of carbonyl (C=O) groups excluding carboxylic acids is 2. The zero-order valence-electron chi connectivity index (χ0n) is 11.8. The van der Waals surface area contributed by atoms with E-state index in [4.69, 9.17) is 4.74 Å². The maximum Gasteiger partial charge on any atom is 0.154 e. The molecular weight excluding hydrogens is 252 g/mol. The highest BCUT2D eigenvalue weighted by atomic mass is 16.5. The molecule has 3 fully saturated rings. The predicted molar refractivity (Wildman–Crippen MR) is 73.5 cm³/mol. The Balaban J connectivity index is 1.81. The molecule has 5 atom stereocenters. The summed E-state index contributed by atoms with van der Waals surface area (Å²) in [6.07, 6.45) is 1.86. The van der Waals surface area contributed by atoms with Crippen LogP contribution in [0, 0.1) is 25.7 Å². The van der Waals surface area contributed by atoms with E-state index in [1.807, 2.05) is 32.0 Å². The van der Waals surface area contributed by atoms with Crippen molar-refractivity contribution >= 4 is 11.6 Å². The molecular formula is C17H18O3. The van der Waals surface area contributed by atoms with E-state index in [-0.39, 0.29) is 35.6 Å². The summed E-state index contributed by atoms with van der Waals surface area (Å²) in [5, 5.41) is 0. The Kier molecular flexibility index (Phi) is 2.46. The van der Waals surface area contributed by atoms with E-state index >= 15 is 0 Å². The Morgan fingerprint density at radius 3 is 1.95 bits per heavy atom. The third-order valence-corrected chi connectivity index (χ3v) is 5.33. The first-order valence-electron chi connectivity index (χ1n) is 7.38. The zero-order chi connectivity index (χ0) is 14.0. The minimum Gasteiger partial charge on any atom is -0.373 e. The number of carbonyl (C=O) groups is 2. The van der Waals surface area contributed by atoms with Gasteiger partial charge in [-0.05, 0) is 43.4 Å². The fourth-order valence-corrected chi connectivity index (χ4v) is 4.49.